The summed E-state index contributed by atoms with van der Waals surface area (Å²) in [6.45, 7) is 0.414. The number of hydrogen-bond donors (Lipinski definition) is 1. The van der Waals surface area contributed by atoms with Crippen LogP contribution in [0.3, 0.4) is 0 Å². The van der Waals surface area contributed by atoms with Crippen LogP contribution >= 0.6 is 11.6 Å². The highest BCUT2D eigenvalue weighted by Gasteiger charge is 2.27. The van der Waals surface area contributed by atoms with E-state index in [0.717, 1.165) is 16.9 Å². The minimum atomic E-state index is 0.0569. The number of rotatable bonds is 2. The van der Waals surface area contributed by atoms with Crippen LogP contribution in [0.25, 0.3) is 0 Å². The van der Waals surface area contributed by atoms with Crippen molar-refractivity contribution in [2.45, 2.75) is 13.0 Å². The minimum absolute atomic E-state index is 0.0569. The van der Waals surface area contributed by atoms with Crippen LogP contribution in [-0.4, -0.2) is 10.9 Å². The van der Waals surface area contributed by atoms with Gasteiger partial charge >= 0.3 is 0 Å². The van der Waals surface area contributed by atoms with Gasteiger partial charge in [-0.3, -0.25) is 9.78 Å². The monoisotopic (exact) mass is 273 g/mol. The fraction of sp³-hybridized carbons (Fsp3) is 0.143. The first-order valence-electron chi connectivity index (χ1n) is 5.93. The molecular formula is C14H12ClN3O. The van der Waals surface area contributed by atoms with Crippen LogP contribution in [0.4, 0.5) is 11.4 Å². The fourth-order valence-corrected chi connectivity index (χ4v) is 2.42. The zero-order valence-corrected chi connectivity index (χ0v) is 10.9. The molecule has 0 fully saturated rings. The topological polar surface area (TPSA) is 59.2 Å². The fourth-order valence-electron chi connectivity index (χ4n) is 2.25. The van der Waals surface area contributed by atoms with Gasteiger partial charge in [0.2, 0.25) is 5.91 Å². The molecule has 96 valence electrons. The summed E-state index contributed by atoms with van der Waals surface area (Å²) in [5.41, 5.74) is 8.99. The molecule has 2 N–H and O–H groups in total. The van der Waals surface area contributed by atoms with Crippen LogP contribution in [0.15, 0.2) is 36.5 Å². The lowest BCUT2D eigenvalue weighted by molar-refractivity contribution is -0.117. The third-order valence-electron chi connectivity index (χ3n) is 3.14. The van der Waals surface area contributed by atoms with Crippen molar-refractivity contribution >= 4 is 28.9 Å². The number of fused-ring (bicyclic) bond motifs is 1. The summed E-state index contributed by atoms with van der Waals surface area (Å²) in [6, 6.07) is 9.00. The molecule has 1 amide bonds. The predicted molar refractivity (Wildman–Crippen MR) is 75.0 cm³/mol. The quantitative estimate of drug-likeness (QED) is 0.914. The predicted octanol–water partition coefficient (Wildman–Crippen LogP) is 2.41. The van der Waals surface area contributed by atoms with Crippen molar-refractivity contribution in [1.82, 2.24) is 4.98 Å². The Kier molecular flexibility index (Phi) is 2.87. The molecule has 3 rings (SSSR count). The highest BCUT2D eigenvalue weighted by atomic mass is 35.5. The van der Waals surface area contributed by atoms with Gasteiger partial charge < -0.3 is 10.6 Å². The van der Waals surface area contributed by atoms with E-state index in [1.807, 2.05) is 12.1 Å². The Morgan fingerprint density at radius 1 is 1.32 bits per heavy atom. The third-order valence-corrected chi connectivity index (χ3v) is 3.38. The number of amides is 1. The van der Waals surface area contributed by atoms with E-state index in [4.69, 9.17) is 17.3 Å². The Hall–Kier alpha value is -2.07. The number of halogens is 1. The van der Waals surface area contributed by atoms with Crippen molar-refractivity contribution in [3.05, 3.63) is 52.8 Å². The number of carbonyl (C=O) groups is 1. The van der Waals surface area contributed by atoms with Gasteiger partial charge in [0.05, 0.1) is 18.7 Å². The number of hydrogen-bond acceptors (Lipinski definition) is 3. The largest absolute Gasteiger partial charge is 0.399 e. The summed E-state index contributed by atoms with van der Waals surface area (Å²) in [4.78, 5) is 18.0. The second-order valence-electron chi connectivity index (χ2n) is 4.51. The molecule has 0 saturated heterocycles. The maximum Gasteiger partial charge on any atom is 0.231 e. The summed E-state index contributed by atoms with van der Waals surface area (Å²) in [6.07, 6.45) is 2.05. The van der Waals surface area contributed by atoms with E-state index in [1.54, 1.807) is 29.3 Å². The van der Waals surface area contributed by atoms with E-state index in [9.17, 15) is 4.79 Å². The zero-order valence-electron chi connectivity index (χ0n) is 10.1. The highest BCUT2D eigenvalue weighted by Crippen LogP contribution is 2.32. The molecule has 1 aromatic heterocycles. The maximum absolute atomic E-state index is 12.1. The maximum atomic E-state index is 12.1. The number of aromatic nitrogens is 1. The molecule has 0 atom stereocenters. The van der Waals surface area contributed by atoms with Gasteiger partial charge in [-0.15, -0.1) is 0 Å². The molecule has 19 heavy (non-hydrogen) atoms. The molecular weight excluding hydrogens is 262 g/mol. The molecule has 0 unspecified atom stereocenters. The van der Waals surface area contributed by atoms with Crippen LogP contribution in [0.2, 0.25) is 5.02 Å². The van der Waals surface area contributed by atoms with Crippen molar-refractivity contribution in [2.24, 2.45) is 0 Å². The normalized spacial score (nSPS) is 13.7. The first kappa shape index (κ1) is 12.0. The highest BCUT2D eigenvalue weighted by molar-refractivity contribution is 6.31. The molecule has 0 radical (unpaired) electrons. The second-order valence-corrected chi connectivity index (χ2v) is 4.95. The van der Waals surface area contributed by atoms with Crippen molar-refractivity contribution in [3.8, 4) is 0 Å². The third kappa shape index (κ3) is 2.27. The summed E-state index contributed by atoms with van der Waals surface area (Å²) in [7, 11) is 0. The van der Waals surface area contributed by atoms with E-state index in [-0.39, 0.29) is 5.91 Å². The lowest BCUT2D eigenvalue weighted by Gasteiger charge is -2.17. The first-order chi connectivity index (χ1) is 9.13. The Labute approximate surface area is 115 Å². The molecule has 1 aliphatic heterocycles. The smallest absolute Gasteiger partial charge is 0.231 e. The molecule has 0 aliphatic carbocycles. The van der Waals surface area contributed by atoms with Crippen LogP contribution in [-0.2, 0) is 17.8 Å². The molecule has 0 bridgehead atoms. The molecule has 5 heteroatoms. The summed E-state index contributed by atoms with van der Waals surface area (Å²) < 4.78 is 0. The van der Waals surface area contributed by atoms with Crippen LogP contribution in [0.1, 0.15) is 11.3 Å². The molecule has 1 aromatic carbocycles. The lowest BCUT2D eigenvalue weighted by atomic mass is 10.2. The molecule has 1 aliphatic rings. The van der Waals surface area contributed by atoms with Crippen molar-refractivity contribution in [1.29, 1.82) is 0 Å². The Morgan fingerprint density at radius 3 is 2.95 bits per heavy atom. The van der Waals surface area contributed by atoms with Gasteiger partial charge in [-0.25, -0.2) is 0 Å². The number of benzene rings is 1. The van der Waals surface area contributed by atoms with Crippen molar-refractivity contribution in [3.63, 3.8) is 0 Å². The van der Waals surface area contributed by atoms with E-state index < -0.39 is 0 Å². The van der Waals surface area contributed by atoms with Crippen LogP contribution in [0.5, 0.6) is 0 Å². The van der Waals surface area contributed by atoms with Gasteiger partial charge in [0, 0.05) is 22.6 Å². The van der Waals surface area contributed by atoms with Gasteiger partial charge in [0.15, 0.2) is 0 Å². The zero-order chi connectivity index (χ0) is 13.4. The average Bonchev–Trinajstić information content (AvgIpc) is 2.66. The number of anilines is 2. The number of nitrogens with two attached hydrogens (primary N) is 1. The summed E-state index contributed by atoms with van der Waals surface area (Å²) >= 11 is 5.99. The molecule has 2 heterocycles. The molecule has 2 aromatic rings. The van der Waals surface area contributed by atoms with E-state index in [1.165, 1.54) is 0 Å². The van der Waals surface area contributed by atoms with Gasteiger partial charge in [-0.2, -0.15) is 0 Å². The molecule has 0 spiro atoms. The average molecular weight is 274 g/mol. The second kappa shape index (κ2) is 4.55. The molecule has 4 nitrogen and oxygen atoms in total. The minimum Gasteiger partial charge on any atom is -0.399 e. The SMILES string of the molecule is Nc1ccnc(CN2C(=O)Cc3ccc(Cl)cc32)c1. The van der Waals surface area contributed by atoms with Gasteiger partial charge in [0.1, 0.15) is 0 Å². The van der Waals surface area contributed by atoms with Crippen molar-refractivity contribution in [2.75, 3.05) is 10.6 Å². The summed E-state index contributed by atoms with van der Waals surface area (Å²) in [5, 5.41) is 0.624. The van der Waals surface area contributed by atoms with Gasteiger partial charge in [-0.1, -0.05) is 17.7 Å². The van der Waals surface area contributed by atoms with E-state index in [2.05, 4.69) is 4.98 Å². The Morgan fingerprint density at radius 2 is 2.16 bits per heavy atom. The first-order valence-corrected chi connectivity index (χ1v) is 6.30. The van der Waals surface area contributed by atoms with Gasteiger partial charge in [0.25, 0.3) is 0 Å². The Bertz CT molecular complexity index is 657. The molecule has 0 saturated carbocycles. The number of carbonyl (C=O) groups excluding carboxylic acids is 1. The van der Waals surface area contributed by atoms with E-state index in [0.29, 0.717) is 23.7 Å². The van der Waals surface area contributed by atoms with Crippen LogP contribution in [0, 0.1) is 0 Å². The number of nitrogen functional groups attached to an aromatic ring is 1. The number of pyridine rings is 1. The standard InChI is InChI=1S/C14H12ClN3O/c15-10-2-1-9-5-14(19)18(13(9)6-10)8-12-7-11(16)3-4-17-12/h1-4,6-7H,5,8H2,(H2,16,17). The summed E-state index contributed by atoms with van der Waals surface area (Å²) in [5.74, 6) is 0.0569. The number of nitrogens with zero attached hydrogens (tertiary/aromatic N) is 2. The lowest BCUT2D eigenvalue weighted by Crippen LogP contribution is -2.26. The van der Waals surface area contributed by atoms with Crippen LogP contribution < -0.4 is 10.6 Å². The Balaban J connectivity index is 1.94. The van der Waals surface area contributed by atoms with Crippen molar-refractivity contribution < 1.29 is 4.79 Å². The van der Waals surface area contributed by atoms with E-state index >= 15 is 0 Å². The van der Waals surface area contributed by atoms with Gasteiger partial charge in [-0.05, 0) is 29.8 Å².